The molecule has 5 heteroatoms. The number of aromatic amines is 1. The summed E-state index contributed by atoms with van der Waals surface area (Å²) in [5, 5.41) is 7.48. The van der Waals surface area contributed by atoms with Crippen molar-refractivity contribution in [1.29, 1.82) is 0 Å². The molecular formula is C23H29N3O2. The first kappa shape index (κ1) is 19.8. The third-order valence-electron chi connectivity index (χ3n) is 4.55. The first-order valence-electron chi connectivity index (χ1n) is 10.0. The van der Waals surface area contributed by atoms with E-state index in [2.05, 4.69) is 17.1 Å². The van der Waals surface area contributed by atoms with Crippen LogP contribution in [0.1, 0.15) is 44.7 Å². The normalized spacial score (nSPS) is 10.8. The molecule has 0 unspecified atom stereocenters. The van der Waals surface area contributed by atoms with Gasteiger partial charge >= 0.3 is 0 Å². The Kier molecular flexibility index (Phi) is 7.36. The fourth-order valence-electron chi connectivity index (χ4n) is 3.03. The van der Waals surface area contributed by atoms with E-state index >= 15 is 0 Å². The Labute approximate surface area is 166 Å². The number of nitrogens with zero attached hydrogens (tertiary/aromatic N) is 1. The number of para-hydroxylation sites is 1. The highest BCUT2D eigenvalue weighted by Crippen LogP contribution is 2.29. The Bertz CT molecular complexity index is 860. The summed E-state index contributed by atoms with van der Waals surface area (Å²) in [6, 6.07) is 17.4. The summed E-state index contributed by atoms with van der Waals surface area (Å²) in [6.07, 6.45) is 6.12. The van der Waals surface area contributed by atoms with Gasteiger partial charge in [-0.3, -0.25) is 5.10 Å². The fraction of sp³-hybridized carbons (Fsp3) is 0.348. The second-order valence-electron chi connectivity index (χ2n) is 6.90. The minimum absolute atomic E-state index is 0.400. The van der Waals surface area contributed by atoms with Crippen molar-refractivity contribution >= 4 is 5.69 Å². The van der Waals surface area contributed by atoms with Crippen LogP contribution in [0.25, 0.3) is 11.3 Å². The number of anilines is 1. The van der Waals surface area contributed by atoms with Crippen molar-refractivity contribution in [2.75, 3.05) is 12.3 Å². The maximum Gasteiger partial charge on any atom is 0.130 e. The van der Waals surface area contributed by atoms with Crippen LogP contribution in [-0.2, 0) is 6.61 Å². The van der Waals surface area contributed by atoms with E-state index < -0.39 is 0 Å². The molecule has 0 saturated carbocycles. The largest absolute Gasteiger partial charge is 0.493 e. The van der Waals surface area contributed by atoms with E-state index in [1.165, 1.54) is 25.7 Å². The lowest BCUT2D eigenvalue weighted by molar-refractivity contribution is 0.301. The Balaban J connectivity index is 1.58. The molecule has 5 nitrogen and oxygen atoms in total. The van der Waals surface area contributed by atoms with E-state index in [1.807, 2.05) is 48.5 Å². The Morgan fingerprint density at radius 1 is 0.929 bits per heavy atom. The minimum atomic E-state index is 0.400. The highest BCUT2D eigenvalue weighted by molar-refractivity contribution is 5.67. The molecule has 0 bridgehead atoms. The topological polar surface area (TPSA) is 73.2 Å². The highest BCUT2D eigenvalue weighted by atomic mass is 16.5. The number of ether oxygens (including phenoxy) is 2. The first-order valence-corrected chi connectivity index (χ1v) is 10.0. The van der Waals surface area contributed by atoms with Crippen molar-refractivity contribution in [3.8, 4) is 22.8 Å². The molecule has 148 valence electrons. The van der Waals surface area contributed by atoms with Crippen LogP contribution in [0.2, 0.25) is 0 Å². The molecule has 0 fully saturated rings. The fourth-order valence-corrected chi connectivity index (χ4v) is 3.03. The lowest BCUT2D eigenvalue weighted by Crippen LogP contribution is -1.99. The summed E-state index contributed by atoms with van der Waals surface area (Å²) in [5.74, 6) is 1.61. The van der Waals surface area contributed by atoms with Crippen LogP contribution in [0.5, 0.6) is 11.5 Å². The molecule has 1 aromatic heterocycles. The molecule has 3 N–H and O–H groups in total. The van der Waals surface area contributed by atoms with Gasteiger partial charge in [0.2, 0.25) is 0 Å². The van der Waals surface area contributed by atoms with E-state index in [1.54, 1.807) is 6.07 Å². The predicted molar refractivity (Wildman–Crippen MR) is 113 cm³/mol. The quantitative estimate of drug-likeness (QED) is 0.336. The Hall–Kier alpha value is -2.95. The van der Waals surface area contributed by atoms with Gasteiger partial charge in [0.25, 0.3) is 0 Å². The standard InChI is InChI=1S/C23H29N3O2/c1-2-3-4-5-8-14-27-23-13-7-6-12-21(23)22-16-19(25-26-22)17-28-20-11-9-10-18(24)15-20/h6-7,9-13,15-16H,2-5,8,14,17,24H2,1H3,(H,25,26). The van der Waals surface area contributed by atoms with Crippen LogP contribution >= 0.6 is 0 Å². The second kappa shape index (κ2) is 10.4. The van der Waals surface area contributed by atoms with Crippen molar-refractivity contribution in [2.24, 2.45) is 0 Å². The maximum atomic E-state index is 6.02. The summed E-state index contributed by atoms with van der Waals surface area (Å²) in [5.41, 5.74) is 9.21. The number of aromatic nitrogens is 2. The summed E-state index contributed by atoms with van der Waals surface area (Å²) in [7, 11) is 0. The number of H-pyrrole nitrogens is 1. The SMILES string of the molecule is CCCCCCCOc1ccccc1-c1cc(COc2cccc(N)c2)[nH]n1. The number of hydrogen-bond donors (Lipinski definition) is 2. The van der Waals surface area contributed by atoms with Gasteiger partial charge in [0.05, 0.1) is 18.0 Å². The Morgan fingerprint density at radius 3 is 2.64 bits per heavy atom. The third kappa shape index (κ3) is 5.78. The number of nitrogens with one attached hydrogen (secondary N) is 1. The molecule has 2 aromatic carbocycles. The number of unbranched alkanes of at least 4 members (excludes halogenated alkanes) is 4. The van der Waals surface area contributed by atoms with E-state index in [4.69, 9.17) is 15.2 Å². The zero-order chi connectivity index (χ0) is 19.6. The van der Waals surface area contributed by atoms with Crippen LogP contribution in [0.3, 0.4) is 0 Å². The number of rotatable bonds is 11. The van der Waals surface area contributed by atoms with Crippen LogP contribution in [0.4, 0.5) is 5.69 Å². The van der Waals surface area contributed by atoms with Gasteiger partial charge in [0.15, 0.2) is 0 Å². The van der Waals surface area contributed by atoms with Crippen LogP contribution < -0.4 is 15.2 Å². The maximum absolute atomic E-state index is 6.02. The third-order valence-corrected chi connectivity index (χ3v) is 4.55. The average molecular weight is 380 g/mol. The average Bonchev–Trinajstić information content (AvgIpc) is 3.18. The monoisotopic (exact) mass is 379 g/mol. The van der Waals surface area contributed by atoms with Crippen molar-refractivity contribution in [3.63, 3.8) is 0 Å². The number of benzene rings is 2. The summed E-state index contributed by atoms with van der Waals surface area (Å²) < 4.78 is 11.8. The van der Waals surface area contributed by atoms with Gasteiger partial charge in [0, 0.05) is 17.3 Å². The molecule has 1 heterocycles. The molecule has 0 aliphatic carbocycles. The van der Waals surface area contributed by atoms with Crippen LogP contribution in [0.15, 0.2) is 54.6 Å². The lowest BCUT2D eigenvalue weighted by Gasteiger charge is -2.10. The molecule has 0 atom stereocenters. The predicted octanol–water partition coefficient (Wildman–Crippen LogP) is 5.59. The van der Waals surface area contributed by atoms with Crippen molar-refractivity contribution < 1.29 is 9.47 Å². The van der Waals surface area contributed by atoms with Gasteiger partial charge in [-0.2, -0.15) is 5.10 Å². The van der Waals surface area contributed by atoms with Crippen LogP contribution in [-0.4, -0.2) is 16.8 Å². The molecule has 0 spiro atoms. The molecule has 0 saturated heterocycles. The number of hydrogen-bond acceptors (Lipinski definition) is 4. The molecular weight excluding hydrogens is 350 g/mol. The van der Waals surface area contributed by atoms with E-state index in [0.717, 1.165) is 41.5 Å². The first-order chi connectivity index (χ1) is 13.8. The van der Waals surface area contributed by atoms with Gasteiger partial charge in [-0.05, 0) is 36.8 Å². The van der Waals surface area contributed by atoms with Gasteiger partial charge in [0.1, 0.15) is 18.1 Å². The molecule has 3 rings (SSSR count). The number of nitrogen functional groups attached to an aromatic ring is 1. The van der Waals surface area contributed by atoms with Gasteiger partial charge in [-0.15, -0.1) is 0 Å². The minimum Gasteiger partial charge on any atom is -0.493 e. The summed E-state index contributed by atoms with van der Waals surface area (Å²) in [4.78, 5) is 0. The molecule has 3 aromatic rings. The molecule has 28 heavy (non-hydrogen) atoms. The highest BCUT2D eigenvalue weighted by Gasteiger charge is 2.10. The molecule has 0 aliphatic rings. The summed E-state index contributed by atoms with van der Waals surface area (Å²) in [6.45, 7) is 3.36. The zero-order valence-electron chi connectivity index (χ0n) is 16.5. The molecule has 0 radical (unpaired) electrons. The van der Waals surface area contributed by atoms with E-state index in [9.17, 15) is 0 Å². The Morgan fingerprint density at radius 2 is 1.79 bits per heavy atom. The van der Waals surface area contributed by atoms with Crippen molar-refractivity contribution in [1.82, 2.24) is 10.2 Å². The zero-order valence-corrected chi connectivity index (χ0v) is 16.5. The van der Waals surface area contributed by atoms with Crippen molar-refractivity contribution in [2.45, 2.75) is 45.6 Å². The van der Waals surface area contributed by atoms with Gasteiger partial charge in [-0.25, -0.2) is 0 Å². The smallest absolute Gasteiger partial charge is 0.130 e. The summed E-state index contributed by atoms with van der Waals surface area (Å²) >= 11 is 0. The van der Waals surface area contributed by atoms with E-state index in [0.29, 0.717) is 12.3 Å². The van der Waals surface area contributed by atoms with Crippen molar-refractivity contribution in [3.05, 3.63) is 60.3 Å². The lowest BCUT2D eigenvalue weighted by atomic mass is 10.1. The van der Waals surface area contributed by atoms with Crippen LogP contribution in [0, 0.1) is 0 Å². The van der Waals surface area contributed by atoms with E-state index in [-0.39, 0.29) is 0 Å². The second-order valence-corrected chi connectivity index (χ2v) is 6.90. The number of nitrogens with two attached hydrogens (primary N) is 1. The molecule has 0 amide bonds. The van der Waals surface area contributed by atoms with Gasteiger partial charge in [-0.1, -0.05) is 50.8 Å². The molecule has 0 aliphatic heterocycles. The van der Waals surface area contributed by atoms with Gasteiger partial charge < -0.3 is 15.2 Å².